The normalized spacial score (nSPS) is 25.4. The predicted molar refractivity (Wildman–Crippen MR) is 110 cm³/mol. The first kappa shape index (κ1) is 19.9. The van der Waals surface area contributed by atoms with Crippen LogP contribution in [0.1, 0.15) is 55.3 Å². The largest absolute Gasteiger partial charge is 0.478 e. The van der Waals surface area contributed by atoms with Crippen LogP contribution in [0.25, 0.3) is 0 Å². The second-order valence-electron chi connectivity index (χ2n) is 8.39. The van der Waals surface area contributed by atoms with E-state index in [0.29, 0.717) is 28.2 Å². The zero-order chi connectivity index (χ0) is 19.7. The fraction of sp³-hybridized carbons (Fsp3) is 0.619. The molecule has 2 heterocycles. The maximum Gasteiger partial charge on any atom is 0.335 e. The number of ether oxygens (including phenoxy) is 1. The number of anilines is 1. The van der Waals surface area contributed by atoms with E-state index in [1.165, 1.54) is 25.7 Å². The molecule has 152 valence electrons. The highest BCUT2D eigenvalue weighted by atomic mass is 79.9. The van der Waals surface area contributed by atoms with Crippen molar-refractivity contribution < 1.29 is 19.4 Å². The van der Waals surface area contributed by atoms with Gasteiger partial charge in [0.25, 0.3) is 0 Å². The molecule has 2 N–H and O–H groups in total. The summed E-state index contributed by atoms with van der Waals surface area (Å²) in [5.41, 5.74) is 1.29. The number of nitrogens with zero attached hydrogens (tertiary/aromatic N) is 1. The van der Waals surface area contributed by atoms with Gasteiger partial charge in [-0.2, -0.15) is 0 Å². The molecule has 2 saturated heterocycles. The fourth-order valence-electron chi connectivity index (χ4n) is 4.93. The second-order valence-corrected chi connectivity index (χ2v) is 9.30. The molecule has 0 bridgehead atoms. The van der Waals surface area contributed by atoms with E-state index in [0.717, 1.165) is 32.5 Å². The maximum atomic E-state index is 13.0. The Balaban J connectivity index is 1.37. The van der Waals surface area contributed by atoms with Gasteiger partial charge in [-0.1, -0.05) is 15.9 Å². The van der Waals surface area contributed by atoms with E-state index in [4.69, 9.17) is 4.74 Å². The van der Waals surface area contributed by atoms with Crippen molar-refractivity contribution in [1.29, 1.82) is 0 Å². The predicted octanol–water partition coefficient (Wildman–Crippen LogP) is 3.58. The number of carbonyl (C=O) groups excluding carboxylic acids is 1. The average molecular weight is 451 g/mol. The number of halogens is 1. The SMILES string of the molecule is O=C(O)c1cc(Br)cc(N2CCC(NC3CCC4(CCOCC4)CC3)C2=O)c1. The van der Waals surface area contributed by atoms with Gasteiger partial charge in [0, 0.05) is 36.0 Å². The van der Waals surface area contributed by atoms with E-state index >= 15 is 0 Å². The van der Waals surface area contributed by atoms with Gasteiger partial charge in [0.15, 0.2) is 0 Å². The van der Waals surface area contributed by atoms with Gasteiger partial charge >= 0.3 is 5.97 Å². The molecule has 1 atom stereocenters. The van der Waals surface area contributed by atoms with Gasteiger partial charge in [-0.15, -0.1) is 0 Å². The Morgan fingerprint density at radius 2 is 1.86 bits per heavy atom. The smallest absolute Gasteiger partial charge is 0.335 e. The summed E-state index contributed by atoms with van der Waals surface area (Å²) in [5, 5.41) is 12.9. The lowest BCUT2D eigenvalue weighted by molar-refractivity contribution is -0.119. The summed E-state index contributed by atoms with van der Waals surface area (Å²) in [6.45, 7) is 2.39. The van der Waals surface area contributed by atoms with Crippen molar-refractivity contribution in [3.05, 3.63) is 28.2 Å². The minimum atomic E-state index is -0.992. The van der Waals surface area contributed by atoms with Crippen molar-refractivity contribution in [1.82, 2.24) is 5.32 Å². The van der Waals surface area contributed by atoms with Crippen LogP contribution in [-0.2, 0) is 9.53 Å². The zero-order valence-electron chi connectivity index (χ0n) is 16.0. The molecule has 6 nitrogen and oxygen atoms in total. The molecule has 3 aliphatic rings. The van der Waals surface area contributed by atoms with Crippen molar-refractivity contribution in [2.24, 2.45) is 5.41 Å². The van der Waals surface area contributed by atoms with Gasteiger partial charge < -0.3 is 20.1 Å². The van der Waals surface area contributed by atoms with Crippen LogP contribution in [-0.4, -0.2) is 48.8 Å². The van der Waals surface area contributed by atoms with E-state index in [1.807, 2.05) is 6.07 Å². The molecule has 0 radical (unpaired) electrons. The molecule has 2 aliphatic heterocycles. The molecule has 28 heavy (non-hydrogen) atoms. The number of carboxylic acids is 1. The minimum Gasteiger partial charge on any atom is -0.478 e. The molecule has 1 amide bonds. The third-order valence-electron chi connectivity index (χ3n) is 6.68. The van der Waals surface area contributed by atoms with Gasteiger partial charge in [0.2, 0.25) is 5.91 Å². The van der Waals surface area contributed by atoms with E-state index in [1.54, 1.807) is 17.0 Å². The third-order valence-corrected chi connectivity index (χ3v) is 7.14. The number of carboxylic acid groups (broad SMARTS) is 1. The summed E-state index contributed by atoms with van der Waals surface area (Å²) >= 11 is 3.35. The number of benzene rings is 1. The average Bonchev–Trinajstić information content (AvgIpc) is 3.04. The molecule has 1 aromatic rings. The molecule has 7 heteroatoms. The number of hydrogen-bond donors (Lipinski definition) is 2. The van der Waals surface area contributed by atoms with Crippen molar-refractivity contribution in [3.63, 3.8) is 0 Å². The molecule has 3 fully saturated rings. The van der Waals surface area contributed by atoms with Gasteiger partial charge in [0.05, 0.1) is 11.6 Å². The number of rotatable bonds is 4. The Bertz CT molecular complexity index is 753. The number of amides is 1. The van der Waals surface area contributed by atoms with E-state index in [9.17, 15) is 14.7 Å². The second kappa shape index (κ2) is 8.13. The minimum absolute atomic E-state index is 0.0424. The van der Waals surface area contributed by atoms with Crippen molar-refractivity contribution in [2.45, 2.75) is 57.0 Å². The summed E-state index contributed by atoms with van der Waals surface area (Å²) in [4.78, 5) is 26.0. The van der Waals surface area contributed by atoms with Crippen LogP contribution in [0.5, 0.6) is 0 Å². The van der Waals surface area contributed by atoms with Crippen molar-refractivity contribution in [2.75, 3.05) is 24.7 Å². The lowest BCUT2D eigenvalue weighted by Gasteiger charge is -2.43. The Morgan fingerprint density at radius 3 is 2.54 bits per heavy atom. The van der Waals surface area contributed by atoms with Crippen LogP contribution in [0.2, 0.25) is 0 Å². The standard InChI is InChI=1S/C21H27BrN2O4/c22-15-11-14(20(26)27)12-17(13-15)24-8-3-18(19(24)25)23-16-1-4-21(5-2-16)6-9-28-10-7-21/h11-13,16,18,23H,1-10H2,(H,26,27). The van der Waals surface area contributed by atoms with Gasteiger partial charge in [-0.3, -0.25) is 4.79 Å². The van der Waals surface area contributed by atoms with Gasteiger partial charge in [-0.05, 0) is 68.6 Å². The Kier molecular flexibility index (Phi) is 5.76. The Morgan fingerprint density at radius 1 is 1.14 bits per heavy atom. The van der Waals surface area contributed by atoms with Crippen LogP contribution in [0.4, 0.5) is 5.69 Å². The first-order valence-electron chi connectivity index (χ1n) is 10.1. The number of aromatic carboxylic acids is 1. The summed E-state index contributed by atoms with van der Waals surface area (Å²) in [7, 11) is 0. The van der Waals surface area contributed by atoms with Crippen LogP contribution < -0.4 is 10.2 Å². The fourth-order valence-corrected chi connectivity index (χ4v) is 5.41. The molecule has 1 aliphatic carbocycles. The van der Waals surface area contributed by atoms with E-state index < -0.39 is 5.97 Å². The summed E-state index contributed by atoms with van der Waals surface area (Å²) < 4.78 is 6.19. The highest BCUT2D eigenvalue weighted by Gasteiger charge is 2.39. The number of nitrogens with one attached hydrogen (secondary N) is 1. The molecule has 1 aromatic carbocycles. The molecular weight excluding hydrogens is 424 g/mol. The van der Waals surface area contributed by atoms with Gasteiger partial charge in [-0.25, -0.2) is 4.79 Å². The molecule has 1 unspecified atom stereocenters. The summed E-state index contributed by atoms with van der Waals surface area (Å²) in [6, 6.07) is 5.14. The van der Waals surface area contributed by atoms with Crippen LogP contribution in [0.15, 0.2) is 22.7 Å². The van der Waals surface area contributed by atoms with Gasteiger partial charge in [0.1, 0.15) is 0 Å². The molecule has 0 aromatic heterocycles. The van der Waals surface area contributed by atoms with E-state index in [-0.39, 0.29) is 17.5 Å². The lowest BCUT2D eigenvalue weighted by atomic mass is 9.68. The maximum absolute atomic E-state index is 13.0. The quantitative estimate of drug-likeness (QED) is 0.732. The summed E-state index contributed by atoms with van der Waals surface area (Å²) in [6.07, 6.45) is 7.75. The van der Waals surface area contributed by atoms with Crippen molar-refractivity contribution >= 4 is 33.5 Å². The van der Waals surface area contributed by atoms with Crippen molar-refractivity contribution in [3.8, 4) is 0 Å². The highest BCUT2D eigenvalue weighted by Crippen LogP contribution is 2.44. The molecular formula is C21H27BrN2O4. The molecule has 1 spiro atoms. The number of carbonyl (C=O) groups is 2. The number of hydrogen-bond acceptors (Lipinski definition) is 4. The Hall–Kier alpha value is -1.44. The third kappa shape index (κ3) is 4.11. The zero-order valence-corrected chi connectivity index (χ0v) is 17.5. The highest BCUT2D eigenvalue weighted by molar-refractivity contribution is 9.10. The van der Waals surface area contributed by atoms with E-state index in [2.05, 4.69) is 21.2 Å². The molecule has 4 rings (SSSR count). The van der Waals surface area contributed by atoms with Crippen LogP contribution >= 0.6 is 15.9 Å². The van der Waals surface area contributed by atoms with Crippen LogP contribution in [0.3, 0.4) is 0 Å². The topological polar surface area (TPSA) is 78.9 Å². The molecule has 1 saturated carbocycles. The first-order valence-corrected chi connectivity index (χ1v) is 10.9. The summed E-state index contributed by atoms with van der Waals surface area (Å²) in [5.74, 6) is -0.950. The van der Waals surface area contributed by atoms with Crippen LogP contribution in [0, 0.1) is 5.41 Å². The Labute approximate surface area is 173 Å². The lowest BCUT2D eigenvalue weighted by Crippen LogP contribution is -2.47. The first-order chi connectivity index (χ1) is 13.5. The monoisotopic (exact) mass is 450 g/mol.